The van der Waals surface area contributed by atoms with Crippen LogP contribution >= 0.6 is 0 Å². The number of halogens is 1. The highest BCUT2D eigenvalue weighted by molar-refractivity contribution is 7.92. The summed E-state index contributed by atoms with van der Waals surface area (Å²) < 4.78 is 40.0. The SMILES string of the molecule is Cc1ccccc1CN(C(=O)CN(c1ccccc1F)S(C)(=O)=O)[C@@H](C)C(=O)NC(C)(C)C. The predicted octanol–water partition coefficient (Wildman–Crippen LogP) is 3.23. The van der Waals surface area contributed by atoms with Crippen molar-refractivity contribution in [2.24, 2.45) is 0 Å². The summed E-state index contributed by atoms with van der Waals surface area (Å²) in [6.45, 7) is 8.42. The molecular formula is C24H32FN3O4S. The van der Waals surface area contributed by atoms with Gasteiger partial charge in [-0.25, -0.2) is 12.8 Å². The minimum Gasteiger partial charge on any atom is -0.350 e. The number of para-hydroxylation sites is 1. The first-order valence-corrected chi connectivity index (χ1v) is 12.4. The standard InChI is InChI=1S/C24H32FN3O4S/c1-17-11-7-8-12-19(17)15-27(18(2)23(30)26-24(3,4)5)22(29)16-28(33(6,31)32)21-14-10-9-13-20(21)25/h7-14,18H,15-16H2,1-6H3,(H,26,30)/t18-/m0/s1. The summed E-state index contributed by atoms with van der Waals surface area (Å²) in [6, 6.07) is 11.9. The zero-order valence-corrected chi connectivity index (χ0v) is 20.7. The molecule has 0 heterocycles. The first-order valence-electron chi connectivity index (χ1n) is 10.6. The highest BCUT2D eigenvalue weighted by atomic mass is 32.2. The summed E-state index contributed by atoms with van der Waals surface area (Å²) in [5.41, 5.74) is 0.996. The lowest BCUT2D eigenvalue weighted by Gasteiger charge is -2.33. The molecule has 0 saturated carbocycles. The van der Waals surface area contributed by atoms with Gasteiger partial charge in [-0.2, -0.15) is 0 Å². The smallest absolute Gasteiger partial charge is 0.244 e. The quantitative estimate of drug-likeness (QED) is 0.633. The zero-order valence-electron chi connectivity index (χ0n) is 19.9. The highest BCUT2D eigenvalue weighted by Crippen LogP contribution is 2.22. The van der Waals surface area contributed by atoms with Crippen molar-refractivity contribution in [3.05, 3.63) is 65.5 Å². The molecule has 2 amide bonds. The number of carbonyl (C=O) groups excluding carboxylic acids is 2. The number of anilines is 1. The van der Waals surface area contributed by atoms with Crippen LogP contribution in [0.25, 0.3) is 0 Å². The van der Waals surface area contributed by atoms with Gasteiger partial charge in [-0.15, -0.1) is 0 Å². The molecular weight excluding hydrogens is 445 g/mol. The maximum absolute atomic E-state index is 14.4. The van der Waals surface area contributed by atoms with Gasteiger partial charge in [0.05, 0.1) is 11.9 Å². The van der Waals surface area contributed by atoms with Gasteiger partial charge in [0, 0.05) is 12.1 Å². The topological polar surface area (TPSA) is 86.8 Å². The van der Waals surface area contributed by atoms with Crippen LogP contribution in [0.4, 0.5) is 10.1 Å². The maximum atomic E-state index is 14.4. The summed E-state index contributed by atoms with van der Waals surface area (Å²) in [5, 5.41) is 2.85. The Hall–Kier alpha value is -2.94. The molecule has 0 bridgehead atoms. The molecule has 0 aliphatic heterocycles. The molecule has 0 unspecified atom stereocenters. The van der Waals surface area contributed by atoms with E-state index in [9.17, 15) is 22.4 Å². The molecule has 0 saturated heterocycles. The minimum atomic E-state index is -3.98. The van der Waals surface area contributed by atoms with Crippen LogP contribution in [0.3, 0.4) is 0 Å². The predicted molar refractivity (Wildman–Crippen MR) is 128 cm³/mol. The molecule has 2 rings (SSSR count). The molecule has 0 aliphatic carbocycles. The Balaban J connectivity index is 2.43. The first kappa shape index (κ1) is 26.3. The molecule has 0 spiro atoms. The number of nitrogens with zero attached hydrogens (tertiary/aromatic N) is 2. The van der Waals surface area contributed by atoms with Gasteiger partial charge >= 0.3 is 0 Å². The molecule has 1 N–H and O–H groups in total. The van der Waals surface area contributed by atoms with E-state index in [-0.39, 0.29) is 18.1 Å². The fraction of sp³-hybridized carbons (Fsp3) is 0.417. The number of rotatable bonds is 8. The van der Waals surface area contributed by atoms with E-state index in [2.05, 4.69) is 5.32 Å². The molecule has 33 heavy (non-hydrogen) atoms. The van der Waals surface area contributed by atoms with Crippen LogP contribution in [-0.4, -0.2) is 49.5 Å². The van der Waals surface area contributed by atoms with Gasteiger partial charge in [-0.05, 0) is 57.9 Å². The van der Waals surface area contributed by atoms with Gasteiger partial charge in [-0.1, -0.05) is 36.4 Å². The largest absolute Gasteiger partial charge is 0.350 e. The molecule has 0 radical (unpaired) electrons. The number of hydrogen-bond acceptors (Lipinski definition) is 4. The van der Waals surface area contributed by atoms with Crippen molar-refractivity contribution >= 4 is 27.5 Å². The first-order chi connectivity index (χ1) is 15.2. The van der Waals surface area contributed by atoms with Gasteiger partial charge < -0.3 is 10.2 Å². The van der Waals surface area contributed by atoms with Crippen LogP contribution in [0.5, 0.6) is 0 Å². The number of nitrogens with one attached hydrogen (secondary N) is 1. The average molecular weight is 478 g/mol. The number of hydrogen-bond donors (Lipinski definition) is 1. The molecule has 1 atom stereocenters. The van der Waals surface area contributed by atoms with Crippen LogP contribution in [0.2, 0.25) is 0 Å². The summed E-state index contributed by atoms with van der Waals surface area (Å²) in [7, 11) is -3.98. The molecule has 2 aromatic rings. The van der Waals surface area contributed by atoms with Crippen LogP contribution < -0.4 is 9.62 Å². The van der Waals surface area contributed by atoms with Crippen molar-refractivity contribution in [2.45, 2.75) is 52.7 Å². The average Bonchev–Trinajstić information content (AvgIpc) is 2.69. The van der Waals surface area contributed by atoms with Crippen molar-refractivity contribution in [1.29, 1.82) is 0 Å². The van der Waals surface area contributed by atoms with E-state index in [4.69, 9.17) is 0 Å². The second kappa shape index (κ2) is 10.3. The summed E-state index contributed by atoms with van der Waals surface area (Å²) >= 11 is 0. The van der Waals surface area contributed by atoms with Crippen molar-refractivity contribution in [1.82, 2.24) is 10.2 Å². The Kier molecular flexibility index (Phi) is 8.24. The number of aryl methyl sites for hydroxylation is 1. The van der Waals surface area contributed by atoms with Crippen molar-refractivity contribution < 1.29 is 22.4 Å². The van der Waals surface area contributed by atoms with Crippen molar-refractivity contribution in [3.63, 3.8) is 0 Å². The number of amides is 2. The Labute approximate surface area is 195 Å². The maximum Gasteiger partial charge on any atom is 0.244 e. The van der Waals surface area contributed by atoms with E-state index >= 15 is 0 Å². The second-order valence-electron chi connectivity index (χ2n) is 9.08. The Morgan fingerprint density at radius 2 is 1.64 bits per heavy atom. The molecule has 0 aliphatic rings. The lowest BCUT2D eigenvalue weighted by atomic mass is 10.1. The molecule has 180 valence electrons. The van der Waals surface area contributed by atoms with E-state index in [1.165, 1.54) is 23.1 Å². The van der Waals surface area contributed by atoms with Gasteiger partial charge in [0.25, 0.3) is 0 Å². The van der Waals surface area contributed by atoms with E-state index in [1.807, 2.05) is 52.0 Å². The summed E-state index contributed by atoms with van der Waals surface area (Å²) in [6.07, 6.45) is 0.911. The third-order valence-electron chi connectivity index (χ3n) is 5.07. The van der Waals surface area contributed by atoms with E-state index in [0.29, 0.717) is 0 Å². The Bertz CT molecular complexity index is 1110. The lowest BCUT2D eigenvalue weighted by Crippen LogP contribution is -2.54. The van der Waals surface area contributed by atoms with Gasteiger partial charge in [0.2, 0.25) is 21.8 Å². The molecule has 9 heteroatoms. The molecule has 2 aromatic carbocycles. The third-order valence-corrected chi connectivity index (χ3v) is 6.19. The third kappa shape index (κ3) is 7.28. The normalized spacial score (nSPS) is 12.7. The molecule has 0 aromatic heterocycles. The summed E-state index contributed by atoms with van der Waals surface area (Å²) in [4.78, 5) is 27.6. The molecule has 7 nitrogen and oxygen atoms in total. The fourth-order valence-corrected chi connectivity index (χ4v) is 4.13. The minimum absolute atomic E-state index is 0.0963. The Morgan fingerprint density at radius 3 is 2.18 bits per heavy atom. The monoisotopic (exact) mass is 477 g/mol. The zero-order chi connectivity index (χ0) is 25.0. The van der Waals surface area contributed by atoms with Crippen molar-refractivity contribution in [3.8, 4) is 0 Å². The highest BCUT2D eigenvalue weighted by Gasteiger charge is 2.32. The second-order valence-corrected chi connectivity index (χ2v) is 11.0. The lowest BCUT2D eigenvalue weighted by molar-refractivity contribution is -0.140. The van der Waals surface area contributed by atoms with Crippen LogP contribution in [-0.2, 0) is 26.2 Å². The van der Waals surface area contributed by atoms with Crippen LogP contribution in [0, 0.1) is 12.7 Å². The number of benzene rings is 2. The van der Waals surface area contributed by atoms with Gasteiger partial charge in [-0.3, -0.25) is 13.9 Å². The fourth-order valence-electron chi connectivity index (χ4n) is 3.28. The van der Waals surface area contributed by atoms with E-state index < -0.39 is 39.9 Å². The van der Waals surface area contributed by atoms with E-state index in [0.717, 1.165) is 27.8 Å². The number of sulfonamides is 1. The van der Waals surface area contributed by atoms with Crippen LogP contribution in [0.1, 0.15) is 38.8 Å². The van der Waals surface area contributed by atoms with Gasteiger partial charge in [0.15, 0.2) is 0 Å². The molecule has 0 fully saturated rings. The summed E-state index contributed by atoms with van der Waals surface area (Å²) in [5.74, 6) is -1.76. The van der Waals surface area contributed by atoms with Crippen molar-refractivity contribution in [2.75, 3.05) is 17.1 Å². The van der Waals surface area contributed by atoms with Gasteiger partial charge in [0.1, 0.15) is 18.4 Å². The van der Waals surface area contributed by atoms with E-state index in [1.54, 1.807) is 6.92 Å². The Morgan fingerprint density at radius 1 is 1.06 bits per heavy atom. The number of carbonyl (C=O) groups is 2. The van der Waals surface area contributed by atoms with Crippen LogP contribution in [0.15, 0.2) is 48.5 Å².